The number of ether oxygens (including phenoxy) is 3. The SMILES string of the molecule is CCCCOC(=O)CC(C(=O)OCCCC)C(C(=O)OCCCC)S(=O)(=O)[O-].[Na+]. The molecule has 164 valence electrons. The molecule has 0 heterocycles. The van der Waals surface area contributed by atoms with E-state index in [9.17, 15) is 27.4 Å². The minimum Gasteiger partial charge on any atom is -0.747 e. The maximum atomic E-state index is 12.4. The van der Waals surface area contributed by atoms with Crippen molar-refractivity contribution in [2.24, 2.45) is 5.92 Å². The zero-order chi connectivity index (χ0) is 21.6. The van der Waals surface area contributed by atoms with Gasteiger partial charge < -0.3 is 18.8 Å². The van der Waals surface area contributed by atoms with Crippen LogP contribution in [0.3, 0.4) is 0 Å². The standard InChI is InChI=1S/C18H32O9S.Na/c1-4-7-10-25-15(19)13-14(17(20)26-11-8-5-2)16(28(22,23)24)18(21)27-12-9-6-3;/h14,16H,4-13H2,1-3H3,(H,22,23,24);/q;+1/p-1. The van der Waals surface area contributed by atoms with Gasteiger partial charge in [0.1, 0.15) is 10.1 Å². The van der Waals surface area contributed by atoms with Crippen LogP contribution in [-0.2, 0) is 38.7 Å². The van der Waals surface area contributed by atoms with Crippen LogP contribution >= 0.6 is 0 Å². The average molecular weight is 446 g/mol. The molecule has 29 heavy (non-hydrogen) atoms. The van der Waals surface area contributed by atoms with E-state index in [1.54, 1.807) is 0 Å². The minimum absolute atomic E-state index is 0. The molecule has 0 bridgehead atoms. The Hall–Kier alpha value is -0.680. The van der Waals surface area contributed by atoms with Crippen molar-refractivity contribution in [2.75, 3.05) is 19.8 Å². The Balaban J connectivity index is 0. The van der Waals surface area contributed by atoms with Crippen LogP contribution in [-0.4, -0.2) is 55.9 Å². The molecule has 0 aromatic heterocycles. The van der Waals surface area contributed by atoms with Gasteiger partial charge in [-0.25, -0.2) is 8.42 Å². The van der Waals surface area contributed by atoms with Crippen LogP contribution in [0.2, 0.25) is 0 Å². The quantitative estimate of drug-likeness (QED) is 0.101. The van der Waals surface area contributed by atoms with E-state index in [4.69, 9.17) is 14.2 Å². The van der Waals surface area contributed by atoms with Crippen molar-refractivity contribution in [3.63, 3.8) is 0 Å². The summed E-state index contributed by atoms with van der Waals surface area (Å²) in [5.74, 6) is -5.18. The molecule has 2 atom stereocenters. The van der Waals surface area contributed by atoms with Crippen LogP contribution in [0.4, 0.5) is 0 Å². The second-order valence-electron chi connectivity index (χ2n) is 6.34. The number of hydrogen-bond acceptors (Lipinski definition) is 9. The molecule has 0 fully saturated rings. The van der Waals surface area contributed by atoms with Crippen LogP contribution in [0.5, 0.6) is 0 Å². The van der Waals surface area contributed by atoms with Gasteiger partial charge in [-0.05, 0) is 19.3 Å². The molecule has 2 unspecified atom stereocenters. The summed E-state index contributed by atoms with van der Waals surface area (Å²) in [5.41, 5.74) is 0. The molecule has 0 aliphatic heterocycles. The second kappa shape index (κ2) is 17.0. The Kier molecular flexibility index (Phi) is 17.9. The topological polar surface area (TPSA) is 136 Å². The summed E-state index contributed by atoms with van der Waals surface area (Å²) >= 11 is 0. The maximum absolute atomic E-state index is 12.4. The van der Waals surface area contributed by atoms with Gasteiger partial charge in [0.25, 0.3) is 0 Å². The Labute approximate surface area is 195 Å². The molecule has 0 aliphatic rings. The van der Waals surface area contributed by atoms with E-state index < -0.39 is 45.6 Å². The zero-order valence-electron chi connectivity index (χ0n) is 17.8. The molecule has 0 spiro atoms. The van der Waals surface area contributed by atoms with Crippen molar-refractivity contribution >= 4 is 28.0 Å². The third-order valence-electron chi connectivity index (χ3n) is 3.84. The first-order chi connectivity index (χ1) is 13.2. The van der Waals surface area contributed by atoms with Gasteiger partial charge in [0, 0.05) is 0 Å². The van der Waals surface area contributed by atoms with Gasteiger partial charge in [0.05, 0.1) is 32.2 Å². The molecule has 0 amide bonds. The predicted molar refractivity (Wildman–Crippen MR) is 99.2 cm³/mol. The molecule has 0 radical (unpaired) electrons. The van der Waals surface area contributed by atoms with Crippen molar-refractivity contribution in [2.45, 2.75) is 71.0 Å². The largest absolute Gasteiger partial charge is 1.00 e. The van der Waals surface area contributed by atoms with E-state index in [0.717, 1.165) is 6.42 Å². The second-order valence-corrected chi connectivity index (χ2v) is 7.83. The Morgan fingerprint density at radius 3 is 1.62 bits per heavy atom. The number of hydrogen-bond donors (Lipinski definition) is 0. The third kappa shape index (κ3) is 13.3. The van der Waals surface area contributed by atoms with E-state index >= 15 is 0 Å². The average Bonchev–Trinajstić information content (AvgIpc) is 2.60. The first kappa shape index (κ1) is 30.5. The number of carbonyl (C=O) groups is 3. The van der Waals surface area contributed by atoms with Crippen molar-refractivity contribution in [1.29, 1.82) is 0 Å². The summed E-state index contributed by atoms with van der Waals surface area (Å²) in [4.78, 5) is 36.6. The van der Waals surface area contributed by atoms with Crippen LogP contribution in [0.25, 0.3) is 0 Å². The number of unbranched alkanes of at least 4 members (excludes halogenated alkanes) is 3. The Morgan fingerprint density at radius 2 is 1.21 bits per heavy atom. The zero-order valence-corrected chi connectivity index (χ0v) is 20.6. The summed E-state index contributed by atoms with van der Waals surface area (Å²) < 4.78 is 49.9. The van der Waals surface area contributed by atoms with Crippen LogP contribution in [0.1, 0.15) is 65.7 Å². The molecule has 0 N–H and O–H groups in total. The first-order valence-corrected chi connectivity index (χ1v) is 11.1. The molecule has 0 rings (SSSR count). The number of carbonyl (C=O) groups excluding carboxylic acids is 3. The molecule has 0 saturated heterocycles. The molecular weight excluding hydrogens is 415 g/mol. The van der Waals surface area contributed by atoms with Gasteiger partial charge in [-0.2, -0.15) is 0 Å². The third-order valence-corrected chi connectivity index (χ3v) is 4.99. The first-order valence-electron chi connectivity index (χ1n) is 9.62. The van der Waals surface area contributed by atoms with Gasteiger partial charge >= 0.3 is 47.5 Å². The van der Waals surface area contributed by atoms with Crippen molar-refractivity contribution in [3.8, 4) is 0 Å². The van der Waals surface area contributed by atoms with Crippen LogP contribution < -0.4 is 29.6 Å². The molecule has 0 aliphatic carbocycles. The molecule has 0 aromatic rings. The van der Waals surface area contributed by atoms with E-state index in [1.165, 1.54) is 0 Å². The summed E-state index contributed by atoms with van der Waals surface area (Å²) in [6.45, 7) is 5.53. The predicted octanol–water partition coefficient (Wildman–Crippen LogP) is -1.06. The van der Waals surface area contributed by atoms with Crippen molar-refractivity contribution < 1.29 is 71.1 Å². The summed E-state index contributed by atoms with van der Waals surface area (Å²) in [7, 11) is -5.28. The van der Waals surface area contributed by atoms with E-state index in [-0.39, 0.29) is 49.4 Å². The van der Waals surface area contributed by atoms with E-state index in [0.29, 0.717) is 32.1 Å². The molecular formula is C18H31NaO9S. The van der Waals surface area contributed by atoms with Gasteiger partial charge in [0.15, 0.2) is 5.25 Å². The van der Waals surface area contributed by atoms with Gasteiger partial charge in [-0.1, -0.05) is 40.0 Å². The number of esters is 3. The fraction of sp³-hybridized carbons (Fsp3) is 0.833. The molecule has 11 heteroatoms. The Morgan fingerprint density at radius 1 is 0.793 bits per heavy atom. The van der Waals surface area contributed by atoms with Gasteiger partial charge in [-0.15, -0.1) is 0 Å². The summed E-state index contributed by atoms with van der Waals surface area (Å²) in [5, 5.41) is -2.36. The fourth-order valence-electron chi connectivity index (χ4n) is 2.19. The smallest absolute Gasteiger partial charge is 0.747 e. The minimum atomic E-state index is -5.28. The van der Waals surface area contributed by atoms with E-state index in [2.05, 4.69) is 0 Å². The maximum Gasteiger partial charge on any atom is 1.00 e. The van der Waals surface area contributed by atoms with Crippen LogP contribution in [0.15, 0.2) is 0 Å². The molecule has 0 aromatic carbocycles. The van der Waals surface area contributed by atoms with Gasteiger partial charge in [0.2, 0.25) is 0 Å². The summed E-state index contributed by atoms with van der Waals surface area (Å²) in [6, 6.07) is 0. The molecule has 9 nitrogen and oxygen atoms in total. The van der Waals surface area contributed by atoms with E-state index in [1.807, 2.05) is 20.8 Å². The molecule has 0 saturated carbocycles. The fourth-order valence-corrected chi connectivity index (χ4v) is 3.10. The monoisotopic (exact) mass is 446 g/mol. The Bertz CT molecular complexity index is 592. The normalized spacial score (nSPS) is 13.0. The van der Waals surface area contributed by atoms with Crippen molar-refractivity contribution in [1.82, 2.24) is 0 Å². The van der Waals surface area contributed by atoms with Gasteiger partial charge in [-0.3, -0.25) is 14.4 Å². The number of rotatable bonds is 15. The summed E-state index contributed by atoms with van der Waals surface area (Å²) in [6.07, 6.45) is 2.94. The van der Waals surface area contributed by atoms with Crippen LogP contribution in [0, 0.1) is 5.92 Å². The van der Waals surface area contributed by atoms with Crippen molar-refractivity contribution in [3.05, 3.63) is 0 Å².